The van der Waals surface area contributed by atoms with E-state index in [0.717, 1.165) is 19.4 Å². The van der Waals surface area contributed by atoms with Crippen molar-refractivity contribution >= 4 is 9.84 Å². The van der Waals surface area contributed by atoms with Crippen LogP contribution in [0.25, 0.3) is 0 Å². The molecule has 3 unspecified atom stereocenters. The lowest BCUT2D eigenvalue weighted by Crippen LogP contribution is -2.53. The van der Waals surface area contributed by atoms with E-state index in [1.165, 1.54) is 0 Å². The molecule has 1 saturated heterocycles. The van der Waals surface area contributed by atoms with Gasteiger partial charge in [-0.05, 0) is 32.2 Å². The van der Waals surface area contributed by atoms with Crippen molar-refractivity contribution in [1.82, 2.24) is 5.32 Å². The summed E-state index contributed by atoms with van der Waals surface area (Å²) in [5.74, 6) is 0.142. The molecular formula is C13H27NO3S. The van der Waals surface area contributed by atoms with Gasteiger partial charge in [-0.1, -0.05) is 20.8 Å². The lowest BCUT2D eigenvalue weighted by atomic mass is 10.1. The maximum absolute atomic E-state index is 12.6. The summed E-state index contributed by atoms with van der Waals surface area (Å²) in [4.78, 5) is 0. The topological polar surface area (TPSA) is 55.4 Å². The highest BCUT2D eigenvalue weighted by Crippen LogP contribution is 2.23. The minimum absolute atomic E-state index is 0.0462. The number of hydrogen-bond donors (Lipinski definition) is 1. The molecule has 0 bridgehead atoms. The van der Waals surface area contributed by atoms with Gasteiger partial charge in [-0.2, -0.15) is 0 Å². The van der Waals surface area contributed by atoms with Gasteiger partial charge in [0, 0.05) is 12.6 Å². The molecule has 18 heavy (non-hydrogen) atoms. The van der Waals surface area contributed by atoms with Gasteiger partial charge in [0.05, 0.1) is 11.9 Å². The van der Waals surface area contributed by atoms with Crippen molar-refractivity contribution in [2.75, 3.05) is 19.8 Å². The third-order valence-electron chi connectivity index (χ3n) is 3.84. The Morgan fingerprint density at radius 2 is 2.00 bits per heavy atom. The molecule has 4 nitrogen and oxygen atoms in total. The van der Waals surface area contributed by atoms with Crippen molar-refractivity contribution < 1.29 is 13.2 Å². The third-order valence-corrected chi connectivity index (χ3v) is 6.73. The Balaban J connectivity index is 2.82. The zero-order valence-electron chi connectivity index (χ0n) is 12.0. The van der Waals surface area contributed by atoms with Crippen molar-refractivity contribution in [3.63, 3.8) is 0 Å². The molecule has 3 atom stereocenters. The highest BCUT2D eigenvalue weighted by atomic mass is 32.2. The van der Waals surface area contributed by atoms with E-state index < -0.39 is 15.1 Å². The van der Waals surface area contributed by atoms with Crippen molar-refractivity contribution in [2.45, 2.75) is 57.1 Å². The van der Waals surface area contributed by atoms with Crippen LogP contribution >= 0.6 is 0 Å². The van der Waals surface area contributed by atoms with Crippen LogP contribution in [0.15, 0.2) is 0 Å². The monoisotopic (exact) mass is 277 g/mol. The van der Waals surface area contributed by atoms with E-state index in [1.807, 2.05) is 20.8 Å². The molecule has 0 spiro atoms. The second kappa shape index (κ2) is 6.87. The van der Waals surface area contributed by atoms with Gasteiger partial charge < -0.3 is 10.1 Å². The quantitative estimate of drug-likeness (QED) is 0.801. The second-order valence-electron chi connectivity index (χ2n) is 5.50. The van der Waals surface area contributed by atoms with Crippen molar-refractivity contribution in [2.24, 2.45) is 5.92 Å². The summed E-state index contributed by atoms with van der Waals surface area (Å²) in [6, 6.07) is 0.0462. The number of hydrogen-bond acceptors (Lipinski definition) is 4. The van der Waals surface area contributed by atoms with E-state index in [1.54, 1.807) is 0 Å². The van der Waals surface area contributed by atoms with E-state index in [2.05, 4.69) is 12.2 Å². The van der Waals surface area contributed by atoms with Crippen LogP contribution < -0.4 is 5.32 Å². The smallest absolute Gasteiger partial charge is 0.159 e. The van der Waals surface area contributed by atoms with Crippen LogP contribution in [0.5, 0.6) is 0 Å². The summed E-state index contributed by atoms with van der Waals surface area (Å²) in [5, 5.41) is 2.66. The van der Waals surface area contributed by atoms with Gasteiger partial charge in [0.15, 0.2) is 9.84 Å². The number of sulfone groups is 1. The number of ether oxygens (including phenoxy) is 1. The van der Waals surface area contributed by atoms with Crippen LogP contribution in [0.4, 0.5) is 0 Å². The molecule has 0 amide bonds. The first-order valence-electron chi connectivity index (χ1n) is 6.95. The first-order chi connectivity index (χ1) is 8.41. The summed E-state index contributed by atoms with van der Waals surface area (Å²) in [6.45, 7) is 9.68. The standard InChI is InChI=1S/C13H27NO3S/c1-5-7-14-12-6-8-17-9-13(12)18(15,16)11(4)10(2)3/h10-14H,5-9H2,1-4H3. The van der Waals surface area contributed by atoms with Crippen molar-refractivity contribution in [3.8, 4) is 0 Å². The van der Waals surface area contributed by atoms with E-state index in [-0.39, 0.29) is 17.2 Å². The zero-order valence-corrected chi connectivity index (χ0v) is 12.8. The predicted molar refractivity (Wildman–Crippen MR) is 74.5 cm³/mol. The fraction of sp³-hybridized carbons (Fsp3) is 1.00. The molecule has 0 saturated carbocycles. The van der Waals surface area contributed by atoms with Crippen molar-refractivity contribution in [3.05, 3.63) is 0 Å². The Kier molecular flexibility index (Phi) is 6.08. The van der Waals surface area contributed by atoms with E-state index in [9.17, 15) is 8.42 Å². The molecule has 1 fully saturated rings. The Morgan fingerprint density at radius 1 is 1.33 bits per heavy atom. The summed E-state index contributed by atoms with van der Waals surface area (Å²) >= 11 is 0. The molecule has 0 aromatic rings. The van der Waals surface area contributed by atoms with Gasteiger partial charge in [0.1, 0.15) is 5.25 Å². The summed E-state index contributed by atoms with van der Waals surface area (Å²) in [6.07, 6.45) is 1.80. The SMILES string of the molecule is CCCNC1CCOCC1S(=O)(=O)C(C)C(C)C. The minimum atomic E-state index is -3.13. The van der Waals surface area contributed by atoms with E-state index in [0.29, 0.717) is 13.2 Å². The number of nitrogens with one attached hydrogen (secondary N) is 1. The average Bonchev–Trinajstić information content (AvgIpc) is 2.35. The molecule has 0 radical (unpaired) electrons. The number of rotatable bonds is 6. The van der Waals surface area contributed by atoms with Crippen molar-refractivity contribution in [1.29, 1.82) is 0 Å². The van der Waals surface area contributed by atoms with Gasteiger partial charge in [0.25, 0.3) is 0 Å². The molecule has 1 aliphatic rings. The maximum atomic E-state index is 12.6. The predicted octanol–water partition coefficient (Wildman–Crippen LogP) is 1.60. The summed E-state index contributed by atoms with van der Waals surface area (Å²) in [5.41, 5.74) is 0. The lowest BCUT2D eigenvalue weighted by molar-refractivity contribution is 0.0804. The van der Waals surface area contributed by atoms with Crippen LogP contribution in [-0.4, -0.2) is 44.7 Å². The lowest BCUT2D eigenvalue weighted by Gasteiger charge is -2.34. The Bertz CT molecular complexity index is 340. The van der Waals surface area contributed by atoms with Crippen LogP contribution in [0.2, 0.25) is 0 Å². The molecule has 1 N–H and O–H groups in total. The third kappa shape index (κ3) is 3.68. The normalized spacial score (nSPS) is 27.4. The fourth-order valence-corrected chi connectivity index (χ4v) is 4.54. The Labute approximate surface area is 111 Å². The second-order valence-corrected chi connectivity index (χ2v) is 8.03. The molecule has 0 aromatic heterocycles. The molecule has 1 rings (SSSR count). The molecule has 1 heterocycles. The zero-order chi connectivity index (χ0) is 13.8. The van der Waals surface area contributed by atoms with Crippen LogP contribution in [-0.2, 0) is 14.6 Å². The Morgan fingerprint density at radius 3 is 2.56 bits per heavy atom. The molecule has 1 aliphatic heterocycles. The van der Waals surface area contributed by atoms with Gasteiger partial charge in [0.2, 0.25) is 0 Å². The average molecular weight is 277 g/mol. The molecule has 0 aliphatic carbocycles. The minimum Gasteiger partial charge on any atom is -0.380 e. The first-order valence-corrected chi connectivity index (χ1v) is 8.56. The summed E-state index contributed by atoms with van der Waals surface area (Å²) in [7, 11) is -3.13. The highest BCUT2D eigenvalue weighted by Gasteiger charge is 2.39. The van der Waals surface area contributed by atoms with Crippen LogP contribution in [0.1, 0.15) is 40.5 Å². The first kappa shape index (κ1) is 15.9. The van der Waals surface area contributed by atoms with Crippen LogP contribution in [0, 0.1) is 5.92 Å². The van der Waals surface area contributed by atoms with Gasteiger partial charge in [-0.25, -0.2) is 8.42 Å². The van der Waals surface area contributed by atoms with E-state index >= 15 is 0 Å². The van der Waals surface area contributed by atoms with Gasteiger partial charge in [-0.15, -0.1) is 0 Å². The van der Waals surface area contributed by atoms with Gasteiger partial charge in [-0.3, -0.25) is 0 Å². The van der Waals surface area contributed by atoms with E-state index in [4.69, 9.17) is 4.74 Å². The fourth-order valence-electron chi connectivity index (χ4n) is 2.25. The summed E-state index contributed by atoms with van der Waals surface area (Å²) < 4.78 is 30.6. The largest absolute Gasteiger partial charge is 0.380 e. The maximum Gasteiger partial charge on any atom is 0.159 e. The molecule has 0 aromatic carbocycles. The molecule has 108 valence electrons. The molecule has 5 heteroatoms. The highest BCUT2D eigenvalue weighted by molar-refractivity contribution is 7.92. The molecular weight excluding hydrogens is 250 g/mol. The Hall–Kier alpha value is -0.130. The van der Waals surface area contributed by atoms with Crippen LogP contribution in [0.3, 0.4) is 0 Å². The van der Waals surface area contributed by atoms with Gasteiger partial charge >= 0.3 is 0 Å².